The van der Waals surface area contributed by atoms with Gasteiger partial charge in [0, 0.05) is 31.9 Å². The molecule has 0 spiro atoms. The molecule has 8 nitrogen and oxygen atoms in total. The number of rotatable bonds is 6. The minimum absolute atomic E-state index is 0.00408. The summed E-state index contributed by atoms with van der Waals surface area (Å²) in [6, 6.07) is 9.13. The molecule has 0 saturated carbocycles. The second-order valence-corrected chi connectivity index (χ2v) is 7.29. The van der Waals surface area contributed by atoms with Gasteiger partial charge >= 0.3 is 0 Å². The van der Waals surface area contributed by atoms with E-state index in [0.717, 1.165) is 11.3 Å². The van der Waals surface area contributed by atoms with Crippen molar-refractivity contribution in [2.75, 3.05) is 19.4 Å². The van der Waals surface area contributed by atoms with Crippen LogP contribution in [0.1, 0.15) is 29.8 Å². The van der Waals surface area contributed by atoms with Crippen LogP contribution in [0.25, 0.3) is 17.2 Å². The van der Waals surface area contributed by atoms with Crippen LogP contribution in [0.5, 0.6) is 0 Å². The molecule has 1 amide bonds. The van der Waals surface area contributed by atoms with E-state index >= 15 is 0 Å². The number of carbonyl (C=O) groups excluding carboxylic acids is 2. The Hall–Kier alpha value is -3.99. The van der Waals surface area contributed by atoms with Gasteiger partial charge in [0.1, 0.15) is 23.0 Å². The molecule has 0 bridgehead atoms. The first-order chi connectivity index (χ1) is 14.3. The monoisotopic (exact) mass is 402 g/mol. The number of hydrogen-bond donors (Lipinski definition) is 2. The Kier molecular flexibility index (Phi) is 5.93. The van der Waals surface area contributed by atoms with Gasteiger partial charge < -0.3 is 15.2 Å². The summed E-state index contributed by atoms with van der Waals surface area (Å²) in [6.07, 6.45) is 4.76. The first kappa shape index (κ1) is 20.7. The number of aromatic amines is 1. The maximum atomic E-state index is 12.4. The van der Waals surface area contributed by atoms with Gasteiger partial charge in [0.2, 0.25) is 0 Å². The molecule has 30 heavy (non-hydrogen) atoms. The number of aromatic nitrogens is 3. The average molecular weight is 402 g/mol. The van der Waals surface area contributed by atoms with E-state index in [1.54, 1.807) is 44.7 Å². The van der Waals surface area contributed by atoms with Crippen LogP contribution in [-0.2, 0) is 4.79 Å². The summed E-state index contributed by atoms with van der Waals surface area (Å²) in [4.78, 5) is 37.5. The van der Waals surface area contributed by atoms with Gasteiger partial charge in [0.05, 0.1) is 11.8 Å². The van der Waals surface area contributed by atoms with Crippen molar-refractivity contribution in [2.24, 2.45) is 5.92 Å². The van der Waals surface area contributed by atoms with Crippen molar-refractivity contribution in [1.29, 1.82) is 5.26 Å². The van der Waals surface area contributed by atoms with E-state index in [0.29, 0.717) is 22.5 Å². The molecule has 3 rings (SSSR count). The van der Waals surface area contributed by atoms with Crippen molar-refractivity contribution in [2.45, 2.75) is 13.8 Å². The van der Waals surface area contributed by atoms with E-state index in [4.69, 9.17) is 0 Å². The number of nitriles is 1. The van der Waals surface area contributed by atoms with Crippen molar-refractivity contribution in [1.82, 2.24) is 19.9 Å². The zero-order valence-electron chi connectivity index (χ0n) is 17.2. The number of anilines is 2. The fourth-order valence-electron chi connectivity index (χ4n) is 2.81. The van der Waals surface area contributed by atoms with E-state index in [1.807, 2.05) is 32.0 Å². The van der Waals surface area contributed by atoms with Gasteiger partial charge in [-0.15, -0.1) is 0 Å². The number of Topliss-reactive ketones (excluding diaryl/α,β-unsaturated/α-hetero) is 1. The second-order valence-electron chi connectivity index (χ2n) is 7.29. The third-order valence-electron chi connectivity index (χ3n) is 4.42. The molecule has 152 valence electrons. The molecule has 0 radical (unpaired) electrons. The van der Waals surface area contributed by atoms with Crippen molar-refractivity contribution in [3.63, 3.8) is 0 Å². The number of fused-ring (bicyclic) bond motifs is 1. The molecule has 3 aromatic rings. The maximum Gasteiger partial charge on any atom is 0.264 e. The van der Waals surface area contributed by atoms with E-state index in [1.165, 1.54) is 4.90 Å². The van der Waals surface area contributed by atoms with Gasteiger partial charge in [0.25, 0.3) is 5.91 Å². The Balaban J connectivity index is 1.83. The van der Waals surface area contributed by atoms with Gasteiger partial charge in [0.15, 0.2) is 11.4 Å². The number of benzene rings is 1. The quantitative estimate of drug-likeness (QED) is 0.370. The molecule has 0 saturated heterocycles. The predicted molar refractivity (Wildman–Crippen MR) is 115 cm³/mol. The molecule has 0 aliphatic heterocycles. The number of carbonyl (C=O) groups is 2. The molecular weight excluding hydrogens is 380 g/mol. The van der Waals surface area contributed by atoms with Crippen molar-refractivity contribution in [3.05, 3.63) is 53.4 Å². The summed E-state index contributed by atoms with van der Waals surface area (Å²) in [6.45, 7) is 3.69. The van der Waals surface area contributed by atoms with Crippen LogP contribution in [0, 0.1) is 17.2 Å². The van der Waals surface area contributed by atoms with Crippen molar-refractivity contribution in [3.8, 4) is 6.07 Å². The largest absolute Gasteiger partial charge is 0.344 e. The van der Waals surface area contributed by atoms with Gasteiger partial charge in [-0.1, -0.05) is 26.0 Å². The SMILES string of the molecule is CC(C)C(=O)c1c[nH]c2ncc(Nc3ccc(C=C(C#N)C(=O)N(C)C)cc3)nc12. The topological polar surface area (TPSA) is 115 Å². The van der Waals surface area contributed by atoms with Crippen LogP contribution in [0.15, 0.2) is 42.2 Å². The smallest absolute Gasteiger partial charge is 0.264 e. The zero-order valence-corrected chi connectivity index (χ0v) is 17.2. The van der Waals surface area contributed by atoms with E-state index < -0.39 is 0 Å². The summed E-state index contributed by atoms with van der Waals surface area (Å²) in [7, 11) is 3.20. The number of nitrogens with one attached hydrogen (secondary N) is 2. The first-order valence-corrected chi connectivity index (χ1v) is 9.39. The highest BCUT2D eigenvalue weighted by molar-refractivity contribution is 6.06. The summed E-state index contributed by atoms with van der Waals surface area (Å²) in [5.74, 6) is 0.0235. The van der Waals surface area contributed by atoms with Crippen LogP contribution >= 0.6 is 0 Å². The Morgan fingerprint density at radius 3 is 2.53 bits per heavy atom. The Morgan fingerprint density at radius 2 is 1.93 bits per heavy atom. The Morgan fingerprint density at radius 1 is 1.23 bits per heavy atom. The molecule has 0 fully saturated rings. The van der Waals surface area contributed by atoms with Gasteiger partial charge in [-0.3, -0.25) is 9.59 Å². The standard InChI is InChI=1S/C22H22N6O2/c1-13(2)20(29)17-11-24-21-19(17)27-18(12-25-21)26-16-7-5-14(6-8-16)9-15(10-23)22(30)28(3)4/h5-9,11-13H,1-4H3,(H,24,25)(H,26,27). The highest BCUT2D eigenvalue weighted by atomic mass is 16.2. The lowest BCUT2D eigenvalue weighted by Crippen LogP contribution is -2.22. The molecule has 2 heterocycles. The lowest BCUT2D eigenvalue weighted by molar-refractivity contribution is -0.124. The van der Waals surface area contributed by atoms with Crippen LogP contribution in [-0.4, -0.2) is 45.6 Å². The molecule has 1 aromatic carbocycles. The van der Waals surface area contributed by atoms with Crippen molar-refractivity contribution < 1.29 is 9.59 Å². The Labute approximate surface area is 174 Å². The molecule has 0 aliphatic rings. The van der Waals surface area contributed by atoms with Crippen LogP contribution in [0.4, 0.5) is 11.5 Å². The third kappa shape index (κ3) is 4.36. The minimum atomic E-state index is -0.346. The normalized spacial score (nSPS) is 11.4. The van der Waals surface area contributed by atoms with Crippen LogP contribution in [0.3, 0.4) is 0 Å². The molecular formula is C22H22N6O2. The molecule has 0 aliphatic carbocycles. The summed E-state index contributed by atoms with van der Waals surface area (Å²) in [5, 5.41) is 12.4. The number of ketones is 1. The number of hydrogen-bond acceptors (Lipinski definition) is 6. The molecule has 2 N–H and O–H groups in total. The summed E-state index contributed by atoms with van der Waals surface area (Å²) in [5.41, 5.74) is 3.15. The molecule has 0 atom stereocenters. The van der Waals surface area contributed by atoms with Crippen LogP contribution in [0.2, 0.25) is 0 Å². The number of likely N-dealkylation sites (N-methyl/N-ethyl adjacent to an activating group) is 1. The molecule has 0 unspecified atom stereocenters. The van der Waals surface area contributed by atoms with Gasteiger partial charge in [-0.05, 0) is 23.8 Å². The van der Waals surface area contributed by atoms with E-state index in [9.17, 15) is 14.9 Å². The summed E-state index contributed by atoms with van der Waals surface area (Å²) < 4.78 is 0. The number of amides is 1. The third-order valence-corrected chi connectivity index (χ3v) is 4.42. The number of nitrogens with zero attached hydrogens (tertiary/aromatic N) is 4. The van der Waals surface area contributed by atoms with Crippen LogP contribution < -0.4 is 5.32 Å². The highest BCUT2D eigenvalue weighted by Gasteiger charge is 2.17. The van der Waals surface area contributed by atoms with E-state index in [2.05, 4.69) is 20.3 Å². The fourth-order valence-corrected chi connectivity index (χ4v) is 2.81. The minimum Gasteiger partial charge on any atom is -0.344 e. The average Bonchev–Trinajstić information content (AvgIpc) is 3.15. The van der Waals surface area contributed by atoms with Gasteiger partial charge in [-0.25, -0.2) is 9.97 Å². The van der Waals surface area contributed by atoms with E-state index in [-0.39, 0.29) is 23.2 Å². The lowest BCUT2D eigenvalue weighted by Gasteiger charge is -2.09. The fraction of sp³-hybridized carbons (Fsp3) is 0.227. The highest BCUT2D eigenvalue weighted by Crippen LogP contribution is 2.22. The van der Waals surface area contributed by atoms with Gasteiger partial charge in [-0.2, -0.15) is 5.26 Å². The van der Waals surface area contributed by atoms with Crippen molar-refractivity contribution >= 4 is 40.4 Å². The first-order valence-electron chi connectivity index (χ1n) is 9.39. The maximum absolute atomic E-state index is 12.4. The predicted octanol–water partition coefficient (Wildman–Crippen LogP) is 3.54. The number of H-pyrrole nitrogens is 1. The molecule has 2 aromatic heterocycles. The lowest BCUT2D eigenvalue weighted by atomic mass is 10.0. The molecule has 8 heteroatoms. The second kappa shape index (κ2) is 8.57. The summed E-state index contributed by atoms with van der Waals surface area (Å²) >= 11 is 0. The zero-order chi connectivity index (χ0) is 21.8. The Bertz CT molecular complexity index is 1170.